The number of methoxy groups -OCH3 is 2. The number of carbonyl (C=O) groups is 1. The average Bonchev–Trinajstić information content (AvgIpc) is 2.80. The van der Waals surface area contributed by atoms with Gasteiger partial charge in [0, 0.05) is 25.6 Å². The first-order chi connectivity index (χ1) is 15.8. The minimum absolute atomic E-state index is 0.133. The Kier molecular flexibility index (Phi) is 8.26. The number of carbonyl (C=O) groups excluding carboxylic acids is 1. The normalized spacial score (nSPS) is 12.7. The SMILES string of the molecule is COc1ccc(CCNC(=O)CCCN(c2ccc3c(c2)OCCO3)S(C)(=O)=O)cc1OC. The first kappa shape index (κ1) is 24.5. The molecule has 0 aromatic heterocycles. The van der Waals surface area contributed by atoms with Crippen LogP contribution in [0.3, 0.4) is 0 Å². The van der Waals surface area contributed by atoms with E-state index in [0.29, 0.717) is 61.3 Å². The number of ether oxygens (including phenoxy) is 4. The highest BCUT2D eigenvalue weighted by molar-refractivity contribution is 7.92. The second-order valence-electron chi connectivity index (χ2n) is 7.56. The van der Waals surface area contributed by atoms with Crippen LogP contribution < -0.4 is 28.6 Å². The van der Waals surface area contributed by atoms with Crippen LogP contribution in [0.5, 0.6) is 23.0 Å². The lowest BCUT2D eigenvalue weighted by Crippen LogP contribution is -2.32. The van der Waals surface area contributed by atoms with Crippen molar-refractivity contribution in [2.24, 2.45) is 0 Å². The molecule has 1 N–H and O–H groups in total. The maximum absolute atomic E-state index is 12.3. The van der Waals surface area contributed by atoms with Crippen LogP contribution >= 0.6 is 0 Å². The summed E-state index contributed by atoms with van der Waals surface area (Å²) >= 11 is 0. The minimum Gasteiger partial charge on any atom is -0.493 e. The topological polar surface area (TPSA) is 103 Å². The second kappa shape index (κ2) is 11.1. The Morgan fingerprint density at radius 3 is 2.45 bits per heavy atom. The molecule has 0 aliphatic carbocycles. The molecule has 1 amide bonds. The predicted octanol–water partition coefficient (Wildman–Crippen LogP) is 2.38. The molecule has 0 spiro atoms. The molecule has 0 unspecified atom stereocenters. The zero-order valence-electron chi connectivity index (χ0n) is 19.1. The molecular weight excluding hydrogens is 448 g/mol. The van der Waals surface area contributed by atoms with Gasteiger partial charge in [0.15, 0.2) is 23.0 Å². The standard InChI is InChI=1S/C23H30N2O7S/c1-29-19-8-6-17(15-21(19)30-2)10-11-24-23(26)5-4-12-25(33(3,27)28)18-7-9-20-22(16-18)32-14-13-31-20/h6-9,15-16H,4-5,10-14H2,1-3H3,(H,24,26). The van der Waals surface area contributed by atoms with E-state index in [4.69, 9.17) is 18.9 Å². The van der Waals surface area contributed by atoms with Crippen molar-refractivity contribution in [1.82, 2.24) is 5.32 Å². The van der Waals surface area contributed by atoms with Gasteiger partial charge in [-0.2, -0.15) is 0 Å². The Bertz CT molecular complexity index is 1070. The summed E-state index contributed by atoms with van der Waals surface area (Å²) in [6.07, 6.45) is 2.37. The summed E-state index contributed by atoms with van der Waals surface area (Å²) in [7, 11) is -0.367. The van der Waals surface area contributed by atoms with Crippen LogP contribution in [0.25, 0.3) is 0 Å². The van der Waals surface area contributed by atoms with Gasteiger partial charge in [-0.15, -0.1) is 0 Å². The fourth-order valence-electron chi connectivity index (χ4n) is 3.53. The highest BCUT2D eigenvalue weighted by atomic mass is 32.2. The van der Waals surface area contributed by atoms with Gasteiger partial charge in [0.2, 0.25) is 15.9 Å². The molecule has 1 heterocycles. The van der Waals surface area contributed by atoms with Crippen molar-refractivity contribution in [3.8, 4) is 23.0 Å². The molecule has 0 atom stereocenters. The third kappa shape index (κ3) is 6.67. The van der Waals surface area contributed by atoms with Crippen molar-refractivity contribution < 1.29 is 32.2 Å². The van der Waals surface area contributed by atoms with Crippen molar-refractivity contribution >= 4 is 21.6 Å². The van der Waals surface area contributed by atoms with Crippen LogP contribution in [0.15, 0.2) is 36.4 Å². The molecule has 0 radical (unpaired) electrons. The summed E-state index contributed by atoms with van der Waals surface area (Å²) in [5, 5.41) is 2.87. The molecule has 2 aromatic rings. The first-order valence-corrected chi connectivity index (χ1v) is 12.5. The molecule has 3 rings (SSSR count). The van der Waals surface area contributed by atoms with Gasteiger partial charge in [-0.1, -0.05) is 6.07 Å². The fourth-order valence-corrected chi connectivity index (χ4v) is 4.48. The van der Waals surface area contributed by atoms with E-state index in [1.807, 2.05) is 18.2 Å². The number of anilines is 1. The fraction of sp³-hybridized carbons (Fsp3) is 0.435. The van der Waals surface area contributed by atoms with Gasteiger partial charge in [0.05, 0.1) is 26.2 Å². The van der Waals surface area contributed by atoms with Crippen molar-refractivity contribution in [1.29, 1.82) is 0 Å². The molecule has 0 bridgehead atoms. The molecule has 1 aliphatic rings. The lowest BCUT2D eigenvalue weighted by Gasteiger charge is -2.25. The summed E-state index contributed by atoms with van der Waals surface area (Å²) in [5.41, 5.74) is 1.49. The number of benzene rings is 2. The molecule has 0 saturated heterocycles. The van der Waals surface area contributed by atoms with Crippen LogP contribution in [-0.2, 0) is 21.2 Å². The number of fused-ring (bicyclic) bond motifs is 1. The molecule has 10 heteroatoms. The molecule has 33 heavy (non-hydrogen) atoms. The van der Waals surface area contributed by atoms with E-state index in [2.05, 4.69) is 5.32 Å². The van der Waals surface area contributed by atoms with Crippen molar-refractivity contribution in [3.63, 3.8) is 0 Å². The van der Waals surface area contributed by atoms with E-state index in [1.54, 1.807) is 32.4 Å². The van der Waals surface area contributed by atoms with Crippen LogP contribution in [-0.4, -0.2) is 61.1 Å². The van der Waals surface area contributed by atoms with Gasteiger partial charge in [-0.05, 0) is 42.7 Å². The van der Waals surface area contributed by atoms with E-state index in [1.165, 1.54) is 4.31 Å². The number of sulfonamides is 1. The van der Waals surface area contributed by atoms with Crippen molar-refractivity contribution in [2.75, 3.05) is 51.1 Å². The molecule has 0 saturated carbocycles. The summed E-state index contributed by atoms with van der Waals surface area (Å²) in [5.74, 6) is 2.26. The number of nitrogens with zero attached hydrogens (tertiary/aromatic N) is 1. The summed E-state index contributed by atoms with van der Waals surface area (Å²) in [4.78, 5) is 12.3. The van der Waals surface area contributed by atoms with Gasteiger partial charge in [-0.25, -0.2) is 8.42 Å². The summed E-state index contributed by atoms with van der Waals surface area (Å²) in [6.45, 7) is 1.52. The number of rotatable bonds is 11. The molecule has 2 aromatic carbocycles. The molecule has 1 aliphatic heterocycles. The monoisotopic (exact) mass is 478 g/mol. The zero-order valence-corrected chi connectivity index (χ0v) is 19.9. The van der Waals surface area contributed by atoms with Gasteiger partial charge >= 0.3 is 0 Å². The lowest BCUT2D eigenvalue weighted by atomic mass is 10.1. The van der Waals surface area contributed by atoms with E-state index < -0.39 is 10.0 Å². The van der Waals surface area contributed by atoms with Crippen LogP contribution in [0.4, 0.5) is 5.69 Å². The predicted molar refractivity (Wildman–Crippen MR) is 125 cm³/mol. The van der Waals surface area contributed by atoms with E-state index >= 15 is 0 Å². The quantitative estimate of drug-likeness (QED) is 0.529. The highest BCUT2D eigenvalue weighted by Crippen LogP contribution is 2.34. The molecule has 0 fully saturated rings. The summed E-state index contributed by atoms with van der Waals surface area (Å²) in [6, 6.07) is 10.7. The zero-order chi connectivity index (χ0) is 23.8. The number of hydrogen-bond acceptors (Lipinski definition) is 7. The van der Waals surface area contributed by atoms with Crippen LogP contribution in [0, 0.1) is 0 Å². The van der Waals surface area contributed by atoms with Gasteiger partial charge < -0.3 is 24.3 Å². The third-order valence-electron chi connectivity index (χ3n) is 5.16. The van der Waals surface area contributed by atoms with Crippen molar-refractivity contribution in [3.05, 3.63) is 42.0 Å². The van der Waals surface area contributed by atoms with Crippen molar-refractivity contribution in [2.45, 2.75) is 19.3 Å². The number of hydrogen-bond donors (Lipinski definition) is 1. The Labute approximate surface area is 194 Å². The summed E-state index contributed by atoms with van der Waals surface area (Å²) < 4.78 is 47.5. The van der Waals surface area contributed by atoms with E-state index in [-0.39, 0.29) is 18.9 Å². The smallest absolute Gasteiger partial charge is 0.232 e. The molecular formula is C23H30N2O7S. The molecule has 180 valence electrons. The average molecular weight is 479 g/mol. The lowest BCUT2D eigenvalue weighted by molar-refractivity contribution is -0.121. The Balaban J connectivity index is 1.50. The van der Waals surface area contributed by atoms with E-state index in [9.17, 15) is 13.2 Å². The molecule has 9 nitrogen and oxygen atoms in total. The highest BCUT2D eigenvalue weighted by Gasteiger charge is 2.21. The first-order valence-electron chi connectivity index (χ1n) is 10.7. The largest absolute Gasteiger partial charge is 0.493 e. The van der Waals surface area contributed by atoms with E-state index in [0.717, 1.165) is 11.8 Å². The number of nitrogens with one attached hydrogen (secondary N) is 1. The van der Waals surface area contributed by atoms with Crippen LogP contribution in [0.2, 0.25) is 0 Å². The number of amides is 1. The maximum Gasteiger partial charge on any atom is 0.232 e. The van der Waals surface area contributed by atoms with Gasteiger partial charge in [0.1, 0.15) is 13.2 Å². The Hall–Kier alpha value is -3.14. The Morgan fingerprint density at radius 2 is 1.76 bits per heavy atom. The van der Waals surface area contributed by atoms with Gasteiger partial charge in [-0.3, -0.25) is 9.10 Å². The maximum atomic E-state index is 12.3. The van der Waals surface area contributed by atoms with Crippen LogP contribution in [0.1, 0.15) is 18.4 Å². The van der Waals surface area contributed by atoms with Gasteiger partial charge in [0.25, 0.3) is 0 Å². The third-order valence-corrected chi connectivity index (χ3v) is 6.36. The minimum atomic E-state index is -3.52. The Morgan fingerprint density at radius 1 is 1.03 bits per heavy atom. The second-order valence-corrected chi connectivity index (χ2v) is 9.46.